The summed E-state index contributed by atoms with van der Waals surface area (Å²) >= 11 is 0. The number of unbranched alkanes of at least 4 members (excludes halogenated alkanes) is 4. The number of hydrogen-bond donors (Lipinski definition) is 1. The van der Waals surface area contributed by atoms with Crippen LogP contribution in [0.5, 0.6) is 0 Å². The Labute approximate surface area is 162 Å². The SMILES string of the molecule is CC/C=C\C/C=C\C/C=C\CCCCCCC(CC)C(=O)O.[H-].[H-].[Mg+2]. The van der Waals surface area contributed by atoms with Crippen LogP contribution in [0.1, 0.15) is 80.9 Å². The number of aliphatic carboxylic acids is 1. The summed E-state index contributed by atoms with van der Waals surface area (Å²) in [6.45, 7) is 4.11. The third kappa shape index (κ3) is 17.6. The molecule has 1 unspecified atom stereocenters. The summed E-state index contributed by atoms with van der Waals surface area (Å²) in [5.74, 6) is -0.775. The molecule has 0 bridgehead atoms. The number of allylic oxidation sites excluding steroid dienone is 6. The van der Waals surface area contributed by atoms with E-state index in [-0.39, 0.29) is 31.8 Å². The number of hydrogen-bond acceptors (Lipinski definition) is 1. The predicted molar refractivity (Wildman–Crippen MR) is 104 cm³/mol. The van der Waals surface area contributed by atoms with Gasteiger partial charge in [0.25, 0.3) is 0 Å². The minimum absolute atomic E-state index is 0. The molecule has 3 heteroatoms. The molecule has 0 rings (SSSR count). The predicted octanol–water partition coefficient (Wildman–Crippen LogP) is 6.14. The topological polar surface area (TPSA) is 37.3 Å². The molecular weight excluding hydrogens is 297 g/mol. The van der Waals surface area contributed by atoms with Crippen molar-refractivity contribution >= 4 is 29.0 Å². The second-order valence-electron chi connectivity index (χ2n) is 5.73. The standard InChI is InChI=1S/C20H34O2.Mg.2H/c1-3-5-6-7-8-9-10-11-12-13-14-15-16-17-18-19(4-2)20(21)22;;;/h5-6,8-9,11-12,19H,3-4,7,10,13-18H2,1-2H3,(H,21,22);;;/q;+2;2*-1/b6-5-,9-8-,12-11-;;;. The molecule has 2 nitrogen and oxygen atoms in total. The Morgan fingerprint density at radius 3 is 2.04 bits per heavy atom. The van der Waals surface area contributed by atoms with Crippen LogP contribution in [-0.2, 0) is 4.79 Å². The largest absolute Gasteiger partial charge is 2.00 e. The van der Waals surface area contributed by atoms with Crippen LogP contribution in [0, 0.1) is 5.92 Å². The van der Waals surface area contributed by atoms with E-state index in [0.29, 0.717) is 0 Å². The molecule has 0 spiro atoms. The first-order valence-electron chi connectivity index (χ1n) is 8.90. The second kappa shape index (κ2) is 19.5. The van der Waals surface area contributed by atoms with Gasteiger partial charge in [0.2, 0.25) is 0 Å². The van der Waals surface area contributed by atoms with Gasteiger partial charge >= 0.3 is 29.0 Å². The molecule has 130 valence electrons. The first-order valence-corrected chi connectivity index (χ1v) is 8.90. The summed E-state index contributed by atoms with van der Waals surface area (Å²) in [7, 11) is 0. The van der Waals surface area contributed by atoms with E-state index in [2.05, 4.69) is 43.4 Å². The van der Waals surface area contributed by atoms with Gasteiger partial charge < -0.3 is 7.96 Å². The zero-order chi connectivity index (χ0) is 16.5. The van der Waals surface area contributed by atoms with Crippen molar-refractivity contribution < 1.29 is 12.8 Å². The second-order valence-corrected chi connectivity index (χ2v) is 5.73. The van der Waals surface area contributed by atoms with E-state index in [4.69, 9.17) is 5.11 Å². The number of carboxylic acids is 1. The fourth-order valence-corrected chi connectivity index (χ4v) is 2.34. The first kappa shape index (κ1) is 24.7. The van der Waals surface area contributed by atoms with E-state index in [1.54, 1.807) is 0 Å². The molecule has 0 heterocycles. The molecule has 0 aliphatic heterocycles. The Kier molecular flexibility index (Phi) is 20.9. The van der Waals surface area contributed by atoms with Gasteiger partial charge in [-0.1, -0.05) is 69.6 Å². The van der Waals surface area contributed by atoms with Crippen LogP contribution in [0.25, 0.3) is 0 Å². The zero-order valence-corrected chi connectivity index (χ0v) is 16.6. The molecule has 0 fully saturated rings. The van der Waals surface area contributed by atoms with E-state index < -0.39 is 5.97 Å². The monoisotopic (exact) mass is 332 g/mol. The van der Waals surface area contributed by atoms with Crippen LogP contribution in [0.4, 0.5) is 0 Å². The summed E-state index contributed by atoms with van der Waals surface area (Å²) in [5.41, 5.74) is 0. The van der Waals surface area contributed by atoms with Crippen molar-refractivity contribution in [1.82, 2.24) is 0 Å². The van der Waals surface area contributed by atoms with Crippen molar-refractivity contribution in [2.45, 2.75) is 78.1 Å². The van der Waals surface area contributed by atoms with E-state index in [1.807, 2.05) is 6.92 Å². The van der Waals surface area contributed by atoms with E-state index in [9.17, 15) is 4.79 Å². The number of carboxylic acid groups (broad SMARTS) is 1. The Bertz CT molecular complexity index is 356. The fourth-order valence-electron chi connectivity index (χ4n) is 2.34. The Morgan fingerprint density at radius 1 is 0.913 bits per heavy atom. The molecule has 0 aliphatic carbocycles. The third-order valence-electron chi connectivity index (χ3n) is 3.80. The first-order chi connectivity index (χ1) is 10.7. The molecule has 0 amide bonds. The molecule has 0 radical (unpaired) electrons. The van der Waals surface area contributed by atoms with Gasteiger partial charge in [0.05, 0.1) is 5.92 Å². The van der Waals surface area contributed by atoms with E-state index >= 15 is 0 Å². The van der Waals surface area contributed by atoms with Gasteiger partial charge in [-0.3, -0.25) is 4.79 Å². The summed E-state index contributed by atoms with van der Waals surface area (Å²) in [6, 6.07) is 0. The van der Waals surface area contributed by atoms with Crippen molar-refractivity contribution in [3.8, 4) is 0 Å². The van der Waals surface area contributed by atoms with Gasteiger partial charge in [-0.15, -0.1) is 0 Å². The third-order valence-corrected chi connectivity index (χ3v) is 3.80. The fraction of sp³-hybridized carbons (Fsp3) is 0.650. The smallest absolute Gasteiger partial charge is 1.00 e. The van der Waals surface area contributed by atoms with Crippen molar-refractivity contribution in [2.24, 2.45) is 5.92 Å². The maximum absolute atomic E-state index is 10.9. The summed E-state index contributed by atoms with van der Waals surface area (Å²) < 4.78 is 0. The Morgan fingerprint density at radius 2 is 1.48 bits per heavy atom. The molecule has 0 saturated heterocycles. The maximum Gasteiger partial charge on any atom is 2.00 e. The summed E-state index contributed by atoms with van der Waals surface area (Å²) in [4.78, 5) is 10.9. The zero-order valence-electron chi connectivity index (χ0n) is 17.2. The summed E-state index contributed by atoms with van der Waals surface area (Å²) in [5, 5.41) is 8.96. The van der Waals surface area contributed by atoms with Gasteiger partial charge in [-0.25, -0.2) is 0 Å². The molecule has 1 N–H and O–H groups in total. The summed E-state index contributed by atoms with van der Waals surface area (Å²) in [6.07, 6.45) is 23.8. The Hall–Kier alpha value is -0.544. The minimum Gasteiger partial charge on any atom is -1.00 e. The molecule has 1 atom stereocenters. The minimum atomic E-state index is -0.635. The van der Waals surface area contributed by atoms with Crippen molar-refractivity contribution in [1.29, 1.82) is 0 Å². The van der Waals surface area contributed by atoms with E-state index in [1.165, 1.54) is 12.8 Å². The van der Waals surface area contributed by atoms with Crippen LogP contribution in [0.3, 0.4) is 0 Å². The molecule has 0 saturated carbocycles. The van der Waals surface area contributed by atoms with Gasteiger partial charge in [0.15, 0.2) is 0 Å². The van der Waals surface area contributed by atoms with Gasteiger partial charge in [0, 0.05) is 0 Å². The number of rotatable bonds is 14. The quantitative estimate of drug-likeness (QED) is 0.235. The van der Waals surface area contributed by atoms with Crippen LogP contribution in [0.15, 0.2) is 36.5 Å². The Balaban J connectivity index is -0.000000735. The van der Waals surface area contributed by atoms with Crippen LogP contribution in [-0.4, -0.2) is 34.1 Å². The number of carbonyl (C=O) groups is 1. The molecule has 23 heavy (non-hydrogen) atoms. The van der Waals surface area contributed by atoms with Gasteiger partial charge in [-0.2, -0.15) is 0 Å². The van der Waals surface area contributed by atoms with Crippen molar-refractivity contribution in [2.75, 3.05) is 0 Å². The average molecular weight is 333 g/mol. The van der Waals surface area contributed by atoms with Crippen LogP contribution < -0.4 is 0 Å². The van der Waals surface area contributed by atoms with E-state index in [0.717, 1.165) is 51.4 Å². The van der Waals surface area contributed by atoms with Crippen LogP contribution >= 0.6 is 0 Å². The van der Waals surface area contributed by atoms with Crippen LogP contribution in [0.2, 0.25) is 0 Å². The van der Waals surface area contributed by atoms with Crippen molar-refractivity contribution in [3.05, 3.63) is 36.5 Å². The molecule has 0 aliphatic rings. The molecule has 0 aromatic heterocycles. The average Bonchev–Trinajstić information content (AvgIpc) is 2.51. The molecule has 0 aromatic carbocycles. The van der Waals surface area contributed by atoms with Crippen molar-refractivity contribution in [3.63, 3.8) is 0 Å². The normalized spacial score (nSPS) is 13.0. The van der Waals surface area contributed by atoms with Gasteiger partial charge in [0.1, 0.15) is 0 Å². The molecular formula is C20H36MgO2. The van der Waals surface area contributed by atoms with Gasteiger partial charge in [-0.05, 0) is 44.9 Å². The maximum atomic E-state index is 10.9. The molecule has 0 aromatic rings.